The average molecular weight is 458 g/mol. The first-order valence-electron chi connectivity index (χ1n) is 11.1. The number of carbonyl (C=O) groups excluding carboxylic acids is 3. The Labute approximate surface area is 191 Å². The second-order valence-corrected chi connectivity index (χ2v) is 8.65. The van der Waals surface area contributed by atoms with E-state index < -0.39 is 41.8 Å². The fourth-order valence-electron chi connectivity index (χ4n) is 4.22. The molecule has 3 rings (SSSR count). The number of carboxylic acid groups (broad SMARTS) is 1. The number of H-pyrrole nitrogens is 1. The molecule has 3 atom stereocenters. The number of hydrogen-bond acceptors (Lipinski definition) is 5. The van der Waals surface area contributed by atoms with Crippen molar-refractivity contribution < 1.29 is 24.3 Å². The van der Waals surface area contributed by atoms with E-state index in [4.69, 9.17) is 5.73 Å². The van der Waals surface area contributed by atoms with E-state index >= 15 is 0 Å². The number of aromatic amines is 1. The summed E-state index contributed by atoms with van der Waals surface area (Å²) in [6.45, 7) is 3.61. The number of aliphatic carboxylic acids is 1. The topological polar surface area (TPSA) is 158 Å². The number of carbonyl (C=O) groups is 4. The molecule has 1 fully saturated rings. The monoisotopic (exact) mass is 457 g/mol. The fraction of sp³-hybridized carbons (Fsp3) is 0.478. The molecule has 0 bridgehead atoms. The van der Waals surface area contributed by atoms with E-state index in [-0.39, 0.29) is 18.9 Å². The van der Waals surface area contributed by atoms with Gasteiger partial charge in [0.15, 0.2) is 0 Å². The van der Waals surface area contributed by atoms with Gasteiger partial charge in [0.1, 0.15) is 18.1 Å². The number of aromatic nitrogens is 1. The van der Waals surface area contributed by atoms with Gasteiger partial charge in [-0.1, -0.05) is 32.0 Å². The van der Waals surface area contributed by atoms with Crippen molar-refractivity contribution in [1.82, 2.24) is 20.5 Å². The Morgan fingerprint density at radius 3 is 2.61 bits per heavy atom. The molecule has 1 aromatic heterocycles. The van der Waals surface area contributed by atoms with Crippen LogP contribution in [0, 0.1) is 5.92 Å². The predicted octanol–water partition coefficient (Wildman–Crippen LogP) is 0.370. The molecule has 0 radical (unpaired) electrons. The molecule has 33 heavy (non-hydrogen) atoms. The van der Waals surface area contributed by atoms with E-state index in [0.29, 0.717) is 19.4 Å². The number of likely N-dealkylation sites (tertiary alicyclic amines) is 1. The molecular weight excluding hydrogens is 426 g/mol. The molecular formula is C23H31N5O5. The Balaban J connectivity index is 1.81. The highest BCUT2D eigenvalue weighted by atomic mass is 16.4. The summed E-state index contributed by atoms with van der Waals surface area (Å²) in [7, 11) is 0. The molecule has 1 saturated heterocycles. The van der Waals surface area contributed by atoms with Crippen LogP contribution in [0.3, 0.4) is 0 Å². The van der Waals surface area contributed by atoms with E-state index in [1.54, 1.807) is 20.0 Å². The molecule has 0 saturated carbocycles. The van der Waals surface area contributed by atoms with Crippen molar-refractivity contribution in [3.05, 3.63) is 36.0 Å². The van der Waals surface area contributed by atoms with Gasteiger partial charge >= 0.3 is 5.97 Å². The van der Waals surface area contributed by atoms with Crippen molar-refractivity contribution in [2.24, 2.45) is 11.7 Å². The number of amides is 3. The van der Waals surface area contributed by atoms with Gasteiger partial charge in [0.2, 0.25) is 17.7 Å². The standard InChI is InChI=1S/C23H31N5O5/c1-13(2)20(22(31)28-9-5-8-18(28)23(32)33)27-21(30)17(26-19(29)11-24)10-14-12-25-16-7-4-3-6-15(14)16/h3-4,6-7,12-13,17-18,20,25H,5,8-11,24H2,1-2H3,(H,26,29)(H,27,30)(H,32,33). The highest BCUT2D eigenvalue weighted by molar-refractivity contribution is 5.94. The molecule has 6 N–H and O–H groups in total. The van der Waals surface area contributed by atoms with Crippen molar-refractivity contribution in [1.29, 1.82) is 0 Å². The molecule has 1 aliphatic rings. The molecule has 2 aromatic rings. The number of nitrogens with two attached hydrogens (primary N) is 1. The lowest BCUT2D eigenvalue weighted by atomic mass is 10.00. The quantitative estimate of drug-likeness (QED) is 0.366. The molecule has 0 spiro atoms. The van der Waals surface area contributed by atoms with Crippen LogP contribution in [0.25, 0.3) is 10.9 Å². The van der Waals surface area contributed by atoms with E-state index in [9.17, 15) is 24.3 Å². The maximum absolute atomic E-state index is 13.2. The van der Waals surface area contributed by atoms with Crippen LogP contribution < -0.4 is 16.4 Å². The van der Waals surface area contributed by atoms with Gasteiger partial charge < -0.3 is 31.4 Å². The van der Waals surface area contributed by atoms with Gasteiger partial charge in [-0.05, 0) is 30.4 Å². The van der Waals surface area contributed by atoms with Crippen LogP contribution in [0.15, 0.2) is 30.5 Å². The lowest BCUT2D eigenvalue weighted by Gasteiger charge is -2.30. The van der Waals surface area contributed by atoms with E-state index in [2.05, 4.69) is 15.6 Å². The minimum Gasteiger partial charge on any atom is -0.480 e. The number of hydrogen-bond donors (Lipinski definition) is 5. The number of nitrogens with one attached hydrogen (secondary N) is 3. The number of benzene rings is 1. The number of rotatable bonds is 9. The van der Waals surface area contributed by atoms with Crippen LogP contribution in [0.5, 0.6) is 0 Å². The van der Waals surface area contributed by atoms with Crippen LogP contribution in [0.1, 0.15) is 32.3 Å². The predicted molar refractivity (Wildman–Crippen MR) is 122 cm³/mol. The lowest BCUT2D eigenvalue weighted by molar-refractivity contribution is -0.150. The zero-order chi connectivity index (χ0) is 24.1. The Kier molecular flexibility index (Phi) is 7.70. The van der Waals surface area contributed by atoms with Gasteiger partial charge in [-0.15, -0.1) is 0 Å². The van der Waals surface area contributed by atoms with Crippen LogP contribution in [0.4, 0.5) is 0 Å². The first-order valence-corrected chi connectivity index (χ1v) is 11.1. The summed E-state index contributed by atoms with van der Waals surface area (Å²) in [4.78, 5) is 54.4. The van der Waals surface area contributed by atoms with Crippen LogP contribution in [-0.4, -0.2) is 69.9 Å². The van der Waals surface area contributed by atoms with Crippen molar-refractivity contribution >= 4 is 34.6 Å². The summed E-state index contributed by atoms with van der Waals surface area (Å²) in [5.74, 6) is -2.79. The van der Waals surface area contributed by atoms with Crippen molar-refractivity contribution in [2.75, 3.05) is 13.1 Å². The molecule has 3 amide bonds. The summed E-state index contributed by atoms with van der Waals surface area (Å²) in [6, 6.07) is 4.84. The van der Waals surface area contributed by atoms with E-state index in [1.807, 2.05) is 24.3 Å². The Morgan fingerprint density at radius 1 is 1.21 bits per heavy atom. The van der Waals surface area contributed by atoms with Gasteiger partial charge in [-0.3, -0.25) is 14.4 Å². The number of para-hydroxylation sites is 1. The minimum absolute atomic E-state index is 0.196. The van der Waals surface area contributed by atoms with Crippen LogP contribution >= 0.6 is 0 Å². The van der Waals surface area contributed by atoms with Crippen LogP contribution in [-0.2, 0) is 25.6 Å². The fourth-order valence-corrected chi connectivity index (χ4v) is 4.22. The van der Waals surface area contributed by atoms with Gasteiger partial charge in [-0.2, -0.15) is 0 Å². The summed E-state index contributed by atoms with van der Waals surface area (Å²) in [5.41, 5.74) is 7.18. The average Bonchev–Trinajstić information content (AvgIpc) is 3.44. The Hall–Kier alpha value is -3.40. The maximum Gasteiger partial charge on any atom is 0.326 e. The summed E-state index contributed by atoms with van der Waals surface area (Å²) in [5, 5.41) is 15.8. The number of carboxylic acids is 1. The highest BCUT2D eigenvalue weighted by Gasteiger charge is 2.39. The zero-order valence-electron chi connectivity index (χ0n) is 18.8. The second-order valence-electron chi connectivity index (χ2n) is 8.65. The van der Waals surface area contributed by atoms with E-state index in [0.717, 1.165) is 16.5 Å². The highest BCUT2D eigenvalue weighted by Crippen LogP contribution is 2.21. The summed E-state index contributed by atoms with van der Waals surface area (Å²) in [6.07, 6.45) is 2.96. The van der Waals surface area contributed by atoms with Crippen LogP contribution in [0.2, 0.25) is 0 Å². The van der Waals surface area contributed by atoms with Gasteiger partial charge in [0.25, 0.3) is 0 Å². The minimum atomic E-state index is -1.05. The third-order valence-corrected chi connectivity index (χ3v) is 5.99. The van der Waals surface area contributed by atoms with Crippen molar-refractivity contribution in [2.45, 2.75) is 51.2 Å². The molecule has 2 heterocycles. The van der Waals surface area contributed by atoms with Crippen molar-refractivity contribution in [3.63, 3.8) is 0 Å². The third-order valence-electron chi connectivity index (χ3n) is 5.99. The molecule has 0 aliphatic carbocycles. The van der Waals surface area contributed by atoms with E-state index in [1.165, 1.54) is 4.90 Å². The van der Waals surface area contributed by atoms with Gasteiger partial charge in [0, 0.05) is 30.1 Å². The molecule has 10 nitrogen and oxygen atoms in total. The molecule has 178 valence electrons. The van der Waals surface area contributed by atoms with Gasteiger partial charge in [0.05, 0.1) is 6.54 Å². The Bertz CT molecular complexity index is 1030. The van der Waals surface area contributed by atoms with Crippen molar-refractivity contribution in [3.8, 4) is 0 Å². The number of fused-ring (bicyclic) bond motifs is 1. The smallest absolute Gasteiger partial charge is 0.326 e. The molecule has 1 aromatic carbocycles. The summed E-state index contributed by atoms with van der Waals surface area (Å²) < 4.78 is 0. The SMILES string of the molecule is CC(C)C(NC(=O)C(Cc1c[nH]c2ccccc12)NC(=O)CN)C(=O)N1CCCC1C(=O)O. The number of nitrogens with zero attached hydrogens (tertiary/aromatic N) is 1. The second kappa shape index (κ2) is 10.5. The first-order chi connectivity index (χ1) is 15.7. The lowest BCUT2D eigenvalue weighted by Crippen LogP contribution is -2.58. The summed E-state index contributed by atoms with van der Waals surface area (Å²) >= 11 is 0. The maximum atomic E-state index is 13.2. The largest absolute Gasteiger partial charge is 0.480 e. The van der Waals surface area contributed by atoms with Gasteiger partial charge in [-0.25, -0.2) is 4.79 Å². The molecule has 1 aliphatic heterocycles. The molecule has 3 unspecified atom stereocenters. The third kappa shape index (κ3) is 5.51. The first kappa shape index (κ1) is 24.2. The molecule has 10 heteroatoms. The zero-order valence-corrected chi connectivity index (χ0v) is 18.8. The normalized spacial score (nSPS) is 17.7. The Morgan fingerprint density at radius 2 is 1.94 bits per heavy atom.